The van der Waals surface area contributed by atoms with Gasteiger partial charge >= 0.3 is 0 Å². The lowest BCUT2D eigenvalue weighted by Crippen LogP contribution is -2.48. The molecule has 1 aliphatic rings. The zero-order valence-electron chi connectivity index (χ0n) is 19.2. The minimum atomic E-state index is -3.85. The van der Waals surface area contributed by atoms with Gasteiger partial charge in [-0.2, -0.15) is 0 Å². The third-order valence-corrected chi connectivity index (χ3v) is 7.01. The smallest absolute Gasteiger partial charge is 0.253 e. The maximum atomic E-state index is 13.1. The van der Waals surface area contributed by atoms with Gasteiger partial charge in [-0.1, -0.05) is 12.1 Å². The molecule has 0 saturated carbocycles. The SMILES string of the molecule is COCCNS(=O)(=O)c1cc(C(=O)N2CCN(Cc3ccc(OC)cc3)CC2)ccc1OC. The molecule has 1 aliphatic heterocycles. The quantitative estimate of drug-likeness (QED) is 0.519. The van der Waals surface area contributed by atoms with Gasteiger partial charge in [0.15, 0.2) is 0 Å². The van der Waals surface area contributed by atoms with Crippen molar-refractivity contribution >= 4 is 15.9 Å². The van der Waals surface area contributed by atoms with E-state index in [9.17, 15) is 13.2 Å². The van der Waals surface area contributed by atoms with E-state index >= 15 is 0 Å². The number of sulfonamides is 1. The Balaban J connectivity index is 1.65. The second kappa shape index (κ2) is 11.5. The third-order valence-electron chi connectivity index (χ3n) is 5.52. The van der Waals surface area contributed by atoms with Crippen LogP contribution in [0, 0.1) is 0 Å². The lowest BCUT2D eigenvalue weighted by Gasteiger charge is -2.35. The molecule has 0 aliphatic carbocycles. The molecule has 0 atom stereocenters. The van der Waals surface area contributed by atoms with E-state index in [1.807, 2.05) is 24.3 Å². The second-order valence-electron chi connectivity index (χ2n) is 7.67. The highest BCUT2D eigenvalue weighted by molar-refractivity contribution is 7.89. The van der Waals surface area contributed by atoms with Crippen LogP contribution < -0.4 is 14.2 Å². The summed E-state index contributed by atoms with van der Waals surface area (Å²) in [6, 6.07) is 12.4. The van der Waals surface area contributed by atoms with Gasteiger partial charge in [-0.3, -0.25) is 9.69 Å². The number of methoxy groups -OCH3 is 3. The summed E-state index contributed by atoms with van der Waals surface area (Å²) in [6.07, 6.45) is 0. The van der Waals surface area contributed by atoms with E-state index in [1.165, 1.54) is 31.9 Å². The van der Waals surface area contributed by atoms with Crippen LogP contribution in [0.15, 0.2) is 47.4 Å². The Kier molecular flexibility index (Phi) is 8.67. The molecule has 33 heavy (non-hydrogen) atoms. The number of benzene rings is 2. The lowest BCUT2D eigenvalue weighted by atomic mass is 10.1. The van der Waals surface area contributed by atoms with Crippen LogP contribution in [0.1, 0.15) is 15.9 Å². The van der Waals surface area contributed by atoms with E-state index < -0.39 is 10.0 Å². The van der Waals surface area contributed by atoms with E-state index in [4.69, 9.17) is 14.2 Å². The van der Waals surface area contributed by atoms with Crippen molar-refractivity contribution in [2.24, 2.45) is 0 Å². The Bertz CT molecular complexity index is 1030. The minimum Gasteiger partial charge on any atom is -0.497 e. The molecule has 2 aromatic rings. The summed E-state index contributed by atoms with van der Waals surface area (Å²) in [6.45, 7) is 3.75. The number of nitrogens with one attached hydrogen (secondary N) is 1. The van der Waals surface area contributed by atoms with E-state index in [0.29, 0.717) is 18.7 Å². The monoisotopic (exact) mass is 477 g/mol. The number of amides is 1. The number of ether oxygens (including phenoxy) is 3. The highest BCUT2D eigenvalue weighted by Crippen LogP contribution is 2.26. The van der Waals surface area contributed by atoms with Crippen LogP contribution in [0.5, 0.6) is 11.5 Å². The van der Waals surface area contributed by atoms with Crippen molar-refractivity contribution in [2.75, 3.05) is 60.7 Å². The van der Waals surface area contributed by atoms with Crippen LogP contribution in [-0.2, 0) is 21.3 Å². The Morgan fingerprint density at radius 2 is 1.67 bits per heavy atom. The first-order valence-electron chi connectivity index (χ1n) is 10.7. The standard InChI is InChI=1S/C23H31N3O6S/c1-30-15-10-24-33(28,29)22-16-19(6-9-21(22)32-3)23(27)26-13-11-25(12-14-26)17-18-4-7-20(31-2)8-5-18/h4-9,16,24H,10-15,17H2,1-3H3. The second-order valence-corrected chi connectivity index (χ2v) is 9.41. The molecule has 0 radical (unpaired) electrons. The zero-order chi connectivity index (χ0) is 23.8. The number of carbonyl (C=O) groups is 1. The molecule has 1 N–H and O–H groups in total. The van der Waals surface area contributed by atoms with Gasteiger partial charge in [0.1, 0.15) is 16.4 Å². The number of nitrogens with zero attached hydrogens (tertiary/aromatic N) is 2. The summed E-state index contributed by atoms with van der Waals surface area (Å²) in [4.78, 5) is 17.1. The summed E-state index contributed by atoms with van der Waals surface area (Å²) in [7, 11) is 0.677. The van der Waals surface area contributed by atoms with Crippen LogP contribution >= 0.6 is 0 Å². The highest BCUT2D eigenvalue weighted by Gasteiger charge is 2.26. The molecule has 2 aromatic carbocycles. The van der Waals surface area contributed by atoms with Crippen molar-refractivity contribution in [3.8, 4) is 11.5 Å². The Morgan fingerprint density at radius 3 is 2.27 bits per heavy atom. The van der Waals surface area contributed by atoms with Gasteiger partial charge in [0.05, 0.1) is 20.8 Å². The van der Waals surface area contributed by atoms with Gasteiger partial charge < -0.3 is 19.1 Å². The highest BCUT2D eigenvalue weighted by atomic mass is 32.2. The predicted octanol–water partition coefficient (Wildman–Crippen LogP) is 1.59. The molecule has 0 spiro atoms. The minimum absolute atomic E-state index is 0.0647. The molecular weight excluding hydrogens is 446 g/mol. The number of piperazine rings is 1. The molecule has 0 aromatic heterocycles. The molecule has 180 valence electrons. The maximum absolute atomic E-state index is 13.1. The lowest BCUT2D eigenvalue weighted by molar-refractivity contribution is 0.0628. The first kappa shape index (κ1) is 25.0. The van der Waals surface area contributed by atoms with Crippen molar-refractivity contribution in [1.29, 1.82) is 0 Å². The summed E-state index contributed by atoms with van der Waals surface area (Å²) >= 11 is 0. The molecule has 1 saturated heterocycles. The van der Waals surface area contributed by atoms with Gasteiger partial charge in [-0.15, -0.1) is 0 Å². The molecule has 1 fully saturated rings. The van der Waals surface area contributed by atoms with Crippen molar-refractivity contribution < 1.29 is 27.4 Å². The third kappa shape index (κ3) is 6.44. The zero-order valence-corrected chi connectivity index (χ0v) is 20.1. The average molecular weight is 478 g/mol. The topological polar surface area (TPSA) is 97.4 Å². The normalized spacial score (nSPS) is 14.8. The van der Waals surface area contributed by atoms with E-state index in [0.717, 1.165) is 25.4 Å². The van der Waals surface area contributed by atoms with Crippen LogP contribution in [-0.4, -0.2) is 84.8 Å². The van der Waals surface area contributed by atoms with Gasteiger partial charge in [0.2, 0.25) is 10.0 Å². The van der Waals surface area contributed by atoms with Crippen molar-refractivity contribution in [3.05, 3.63) is 53.6 Å². The van der Waals surface area contributed by atoms with Crippen molar-refractivity contribution in [1.82, 2.24) is 14.5 Å². The first-order valence-corrected chi connectivity index (χ1v) is 12.2. The fourth-order valence-electron chi connectivity index (χ4n) is 3.66. The summed E-state index contributed by atoms with van der Waals surface area (Å²) in [5, 5.41) is 0. The van der Waals surface area contributed by atoms with E-state index in [1.54, 1.807) is 18.1 Å². The van der Waals surface area contributed by atoms with Crippen molar-refractivity contribution in [2.45, 2.75) is 11.4 Å². The molecular formula is C23H31N3O6S. The molecule has 3 rings (SSSR count). The van der Waals surface area contributed by atoms with E-state index in [2.05, 4.69) is 9.62 Å². The molecule has 0 unspecified atom stereocenters. The largest absolute Gasteiger partial charge is 0.497 e. The van der Waals surface area contributed by atoms with E-state index in [-0.39, 0.29) is 29.7 Å². The van der Waals surface area contributed by atoms with Gasteiger partial charge in [-0.05, 0) is 35.9 Å². The summed E-state index contributed by atoms with van der Waals surface area (Å²) in [5.74, 6) is 0.805. The van der Waals surface area contributed by atoms with Crippen LogP contribution in [0.2, 0.25) is 0 Å². The number of hydrogen-bond acceptors (Lipinski definition) is 7. The van der Waals surface area contributed by atoms with Gasteiger partial charge in [-0.25, -0.2) is 13.1 Å². The number of rotatable bonds is 10. The molecule has 9 nitrogen and oxygen atoms in total. The summed E-state index contributed by atoms with van der Waals surface area (Å²) in [5.41, 5.74) is 1.49. The Hall–Kier alpha value is -2.66. The molecule has 1 amide bonds. The maximum Gasteiger partial charge on any atom is 0.253 e. The molecule has 1 heterocycles. The fourth-order valence-corrected chi connectivity index (χ4v) is 4.86. The fraction of sp³-hybridized carbons (Fsp3) is 0.435. The van der Waals surface area contributed by atoms with Crippen LogP contribution in [0.4, 0.5) is 0 Å². The first-order chi connectivity index (χ1) is 15.9. The molecule has 10 heteroatoms. The van der Waals surface area contributed by atoms with Gasteiger partial charge in [0.25, 0.3) is 5.91 Å². The average Bonchev–Trinajstić information content (AvgIpc) is 2.84. The van der Waals surface area contributed by atoms with Crippen LogP contribution in [0.3, 0.4) is 0 Å². The predicted molar refractivity (Wildman–Crippen MR) is 124 cm³/mol. The Morgan fingerprint density at radius 1 is 0.970 bits per heavy atom. The van der Waals surface area contributed by atoms with Gasteiger partial charge in [0, 0.05) is 51.9 Å². The Labute approximate surface area is 195 Å². The summed E-state index contributed by atoms with van der Waals surface area (Å²) < 4.78 is 43.2. The van der Waals surface area contributed by atoms with Crippen molar-refractivity contribution in [3.63, 3.8) is 0 Å². The van der Waals surface area contributed by atoms with Crippen LogP contribution in [0.25, 0.3) is 0 Å². The molecule has 0 bridgehead atoms. The number of hydrogen-bond donors (Lipinski definition) is 1. The number of carbonyl (C=O) groups excluding carboxylic acids is 1.